The van der Waals surface area contributed by atoms with Crippen molar-refractivity contribution in [1.82, 2.24) is 16.0 Å². The van der Waals surface area contributed by atoms with Gasteiger partial charge in [-0.05, 0) is 32.4 Å². The minimum absolute atomic E-state index is 0.0185. The van der Waals surface area contributed by atoms with E-state index in [1.165, 1.54) is 0 Å². The average Bonchev–Trinajstić information content (AvgIpc) is 2.44. The fourth-order valence-electron chi connectivity index (χ4n) is 1.90. The predicted molar refractivity (Wildman–Crippen MR) is 95.8 cm³/mol. The molecule has 0 heterocycles. The lowest BCUT2D eigenvalue weighted by Gasteiger charge is -2.19. The SMILES string of the molecule is CCNC(=NCC(CC(C)C)NC(=O)OCC)NCCSC. The van der Waals surface area contributed by atoms with Crippen molar-refractivity contribution >= 4 is 23.8 Å². The molecule has 0 aromatic rings. The first-order valence-electron chi connectivity index (χ1n) is 7.97. The molecule has 0 aromatic heterocycles. The number of nitrogens with one attached hydrogen (secondary N) is 3. The molecule has 22 heavy (non-hydrogen) atoms. The maximum Gasteiger partial charge on any atom is 0.407 e. The van der Waals surface area contributed by atoms with Gasteiger partial charge in [0, 0.05) is 18.8 Å². The number of ether oxygens (including phenoxy) is 1. The Bertz CT molecular complexity index is 325. The number of thioether (sulfide) groups is 1. The van der Waals surface area contributed by atoms with Gasteiger partial charge < -0.3 is 20.7 Å². The van der Waals surface area contributed by atoms with E-state index in [2.05, 4.69) is 41.0 Å². The average molecular weight is 333 g/mol. The summed E-state index contributed by atoms with van der Waals surface area (Å²) in [5.41, 5.74) is 0. The third-order valence-electron chi connectivity index (χ3n) is 2.77. The van der Waals surface area contributed by atoms with E-state index in [1.54, 1.807) is 18.7 Å². The van der Waals surface area contributed by atoms with Gasteiger partial charge in [-0.1, -0.05) is 13.8 Å². The summed E-state index contributed by atoms with van der Waals surface area (Å²) >= 11 is 1.79. The van der Waals surface area contributed by atoms with Crippen LogP contribution in [0.15, 0.2) is 4.99 Å². The van der Waals surface area contributed by atoms with Gasteiger partial charge in [-0.3, -0.25) is 4.99 Å². The number of alkyl carbamates (subject to hydrolysis) is 1. The molecule has 0 saturated heterocycles. The summed E-state index contributed by atoms with van der Waals surface area (Å²) in [7, 11) is 0. The predicted octanol–water partition coefficient (Wildman–Crippen LogP) is 2.07. The number of aliphatic imine (C=N–C) groups is 1. The van der Waals surface area contributed by atoms with Crippen molar-refractivity contribution in [3.8, 4) is 0 Å². The van der Waals surface area contributed by atoms with Crippen LogP contribution in [0.25, 0.3) is 0 Å². The zero-order valence-corrected chi connectivity index (χ0v) is 15.4. The van der Waals surface area contributed by atoms with Crippen LogP contribution in [-0.2, 0) is 4.74 Å². The molecule has 0 aromatic carbocycles. The van der Waals surface area contributed by atoms with E-state index in [9.17, 15) is 4.79 Å². The molecular weight excluding hydrogens is 300 g/mol. The van der Waals surface area contributed by atoms with Gasteiger partial charge in [0.2, 0.25) is 0 Å². The van der Waals surface area contributed by atoms with Crippen molar-refractivity contribution in [2.24, 2.45) is 10.9 Å². The van der Waals surface area contributed by atoms with Gasteiger partial charge in [0.25, 0.3) is 0 Å². The Balaban J connectivity index is 4.55. The number of guanidine groups is 1. The Hall–Kier alpha value is -1.11. The normalized spacial score (nSPS) is 12.9. The molecule has 1 unspecified atom stereocenters. The fourth-order valence-corrected chi connectivity index (χ4v) is 2.21. The highest BCUT2D eigenvalue weighted by molar-refractivity contribution is 7.98. The van der Waals surface area contributed by atoms with Gasteiger partial charge >= 0.3 is 6.09 Å². The second-order valence-corrected chi connectivity index (χ2v) is 6.32. The van der Waals surface area contributed by atoms with Crippen LogP contribution in [0.2, 0.25) is 0 Å². The fraction of sp³-hybridized carbons (Fsp3) is 0.867. The number of carbonyl (C=O) groups excluding carboxylic acids is 1. The summed E-state index contributed by atoms with van der Waals surface area (Å²) in [6.45, 7) is 10.7. The number of nitrogens with zero attached hydrogens (tertiary/aromatic N) is 1. The van der Waals surface area contributed by atoms with Crippen LogP contribution in [0.1, 0.15) is 34.1 Å². The van der Waals surface area contributed by atoms with Crippen LogP contribution in [0.3, 0.4) is 0 Å². The standard InChI is InChI=1S/C15H32N4O2S/c1-6-16-14(17-8-9-22-5)18-11-13(10-12(3)4)19-15(20)21-7-2/h12-13H,6-11H2,1-5H3,(H,19,20)(H2,16,17,18). The number of rotatable bonds is 10. The van der Waals surface area contributed by atoms with Crippen LogP contribution in [0.5, 0.6) is 0 Å². The summed E-state index contributed by atoms with van der Waals surface area (Å²) in [6.07, 6.45) is 2.57. The van der Waals surface area contributed by atoms with Crippen molar-refractivity contribution in [2.75, 3.05) is 38.2 Å². The lowest BCUT2D eigenvalue weighted by Crippen LogP contribution is -2.42. The lowest BCUT2D eigenvalue weighted by atomic mass is 10.0. The van der Waals surface area contributed by atoms with E-state index in [0.29, 0.717) is 19.1 Å². The van der Waals surface area contributed by atoms with Crippen LogP contribution in [-0.4, -0.2) is 56.3 Å². The molecule has 1 atom stereocenters. The second kappa shape index (κ2) is 13.5. The van der Waals surface area contributed by atoms with Gasteiger partial charge in [-0.25, -0.2) is 4.79 Å². The van der Waals surface area contributed by atoms with Crippen LogP contribution in [0, 0.1) is 5.92 Å². The van der Waals surface area contributed by atoms with E-state index in [0.717, 1.165) is 31.2 Å². The number of hydrogen-bond donors (Lipinski definition) is 3. The maximum absolute atomic E-state index is 11.6. The molecule has 0 saturated carbocycles. The molecule has 0 bridgehead atoms. The first-order chi connectivity index (χ1) is 10.5. The van der Waals surface area contributed by atoms with Gasteiger partial charge in [0.1, 0.15) is 0 Å². The van der Waals surface area contributed by atoms with Crippen molar-refractivity contribution in [1.29, 1.82) is 0 Å². The Morgan fingerprint density at radius 1 is 1.27 bits per heavy atom. The quantitative estimate of drug-likeness (QED) is 0.324. The molecule has 1 amide bonds. The molecule has 7 heteroatoms. The first-order valence-corrected chi connectivity index (χ1v) is 9.37. The molecular formula is C15H32N4O2S. The third-order valence-corrected chi connectivity index (χ3v) is 3.38. The molecule has 6 nitrogen and oxygen atoms in total. The molecule has 3 N–H and O–H groups in total. The Kier molecular flexibility index (Phi) is 12.9. The van der Waals surface area contributed by atoms with Gasteiger partial charge in [0.15, 0.2) is 5.96 Å². The minimum atomic E-state index is -0.372. The van der Waals surface area contributed by atoms with Gasteiger partial charge in [-0.2, -0.15) is 11.8 Å². The third kappa shape index (κ3) is 11.5. The Morgan fingerprint density at radius 2 is 2.00 bits per heavy atom. The van der Waals surface area contributed by atoms with E-state index >= 15 is 0 Å². The summed E-state index contributed by atoms with van der Waals surface area (Å²) in [4.78, 5) is 16.2. The van der Waals surface area contributed by atoms with Crippen LogP contribution in [0.4, 0.5) is 4.79 Å². The molecule has 130 valence electrons. The van der Waals surface area contributed by atoms with Crippen LogP contribution >= 0.6 is 11.8 Å². The zero-order chi connectivity index (χ0) is 16.8. The highest BCUT2D eigenvalue weighted by Crippen LogP contribution is 2.05. The lowest BCUT2D eigenvalue weighted by molar-refractivity contribution is 0.147. The smallest absolute Gasteiger partial charge is 0.407 e. The summed E-state index contributed by atoms with van der Waals surface area (Å²) in [5.74, 6) is 2.30. The van der Waals surface area contributed by atoms with E-state index < -0.39 is 0 Å². The molecule has 0 aliphatic rings. The summed E-state index contributed by atoms with van der Waals surface area (Å²) in [5, 5.41) is 9.38. The Labute approximate surface area is 139 Å². The molecule has 0 spiro atoms. The molecule has 0 rings (SSSR count). The summed E-state index contributed by atoms with van der Waals surface area (Å²) < 4.78 is 4.96. The zero-order valence-electron chi connectivity index (χ0n) is 14.6. The second-order valence-electron chi connectivity index (χ2n) is 5.33. The summed E-state index contributed by atoms with van der Waals surface area (Å²) in [6, 6.07) is -0.0185. The molecule has 0 fully saturated rings. The van der Waals surface area contributed by atoms with E-state index in [1.807, 2.05) is 6.92 Å². The molecule has 0 aliphatic heterocycles. The van der Waals surface area contributed by atoms with Crippen molar-refractivity contribution in [2.45, 2.75) is 40.2 Å². The topological polar surface area (TPSA) is 74.8 Å². The highest BCUT2D eigenvalue weighted by atomic mass is 32.2. The molecule has 0 radical (unpaired) electrons. The first kappa shape index (κ1) is 20.9. The highest BCUT2D eigenvalue weighted by Gasteiger charge is 2.14. The monoisotopic (exact) mass is 332 g/mol. The number of carbonyl (C=O) groups is 1. The maximum atomic E-state index is 11.6. The van der Waals surface area contributed by atoms with Crippen molar-refractivity contribution < 1.29 is 9.53 Å². The number of amides is 1. The number of hydrogen-bond acceptors (Lipinski definition) is 4. The van der Waals surface area contributed by atoms with E-state index in [-0.39, 0.29) is 12.1 Å². The van der Waals surface area contributed by atoms with E-state index in [4.69, 9.17) is 4.74 Å². The largest absolute Gasteiger partial charge is 0.450 e. The van der Waals surface area contributed by atoms with Gasteiger partial charge in [-0.15, -0.1) is 0 Å². The Morgan fingerprint density at radius 3 is 2.55 bits per heavy atom. The van der Waals surface area contributed by atoms with Crippen molar-refractivity contribution in [3.05, 3.63) is 0 Å². The van der Waals surface area contributed by atoms with Crippen molar-refractivity contribution in [3.63, 3.8) is 0 Å². The van der Waals surface area contributed by atoms with Gasteiger partial charge in [0.05, 0.1) is 19.2 Å². The minimum Gasteiger partial charge on any atom is -0.450 e. The van der Waals surface area contributed by atoms with Crippen LogP contribution < -0.4 is 16.0 Å². The molecule has 0 aliphatic carbocycles.